The fourth-order valence-corrected chi connectivity index (χ4v) is 3.40. The zero-order valence-corrected chi connectivity index (χ0v) is 17.7. The molecule has 0 aliphatic rings. The fraction of sp³-hybridized carbons (Fsp3) is 0.174. The zero-order valence-electron chi connectivity index (χ0n) is 16.9. The first-order chi connectivity index (χ1) is 14.4. The predicted octanol–water partition coefficient (Wildman–Crippen LogP) is 5.01. The van der Waals surface area contributed by atoms with Crippen LogP contribution < -0.4 is 10.1 Å². The van der Waals surface area contributed by atoms with Crippen LogP contribution in [0.2, 0.25) is 5.02 Å². The molecule has 30 heavy (non-hydrogen) atoms. The lowest BCUT2D eigenvalue weighted by Crippen LogP contribution is -2.12. The minimum absolute atomic E-state index is 0.189. The third-order valence-corrected chi connectivity index (χ3v) is 5.54. The number of aromatic nitrogens is 3. The number of benzene rings is 2. The minimum Gasteiger partial charge on any atom is -0.497 e. The monoisotopic (exact) mass is 420 g/mol. The molecule has 4 aromatic rings. The number of amides is 1. The summed E-state index contributed by atoms with van der Waals surface area (Å²) in [6.45, 7) is 4.43. The van der Waals surface area contributed by atoms with E-state index in [-0.39, 0.29) is 5.91 Å². The van der Waals surface area contributed by atoms with Crippen LogP contribution in [0.3, 0.4) is 0 Å². The van der Waals surface area contributed by atoms with Crippen molar-refractivity contribution in [2.75, 3.05) is 12.4 Å². The summed E-state index contributed by atoms with van der Waals surface area (Å²) in [4.78, 5) is 17.0. The van der Waals surface area contributed by atoms with E-state index in [1.165, 1.54) is 0 Å². The second kappa shape index (κ2) is 8.16. The number of anilines is 1. The number of fused-ring (bicyclic) bond motifs is 1. The van der Waals surface area contributed by atoms with Gasteiger partial charge in [-0.2, -0.15) is 5.10 Å². The van der Waals surface area contributed by atoms with Crippen LogP contribution in [-0.4, -0.2) is 27.8 Å². The summed E-state index contributed by atoms with van der Waals surface area (Å²) in [5, 5.41) is 8.96. The van der Waals surface area contributed by atoms with Gasteiger partial charge in [0, 0.05) is 17.0 Å². The highest BCUT2D eigenvalue weighted by molar-refractivity contribution is 6.31. The molecule has 7 heteroatoms. The molecule has 1 amide bonds. The second-order valence-corrected chi connectivity index (χ2v) is 7.45. The molecule has 0 saturated heterocycles. The fourth-order valence-electron chi connectivity index (χ4n) is 3.26. The van der Waals surface area contributed by atoms with E-state index in [2.05, 4.69) is 15.4 Å². The second-order valence-electron chi connectivity index (χ2n) is 7.08. The number of halogens is 1. The molecular weight excluding hydrogens is 400 g/mol. The Bertz CT molecular complexity index is 1230. The molecule has 6 nitrogen and oxygen atoms in total. The van der Waals surface area contributed by atoms with Crippen molar-refractivity contribution in [1.82, 2.24) is 14.8 Å². The Kier molecular flexibility index (Phi) is 5.42. The molecule has 4 rings (SSSR count). The van der Waals surface area contributed by atoms with Gasteiger partial charge in [0.05, 0.1) is 47.5 Å². The van der Waals surface area contributed by atoms with Crippen molar-refractivity contribution in [2.45, 2.75) is 20.4 Å². The first kappa shape index (κ1) is 19.9. The third-order valence-electron chi connectivity index (χ3n) is 4.99. The van der Waals surface area contributed by atoms with Gasteiger partial charge in [-0.05, 0) is 49.7 Å². The minimum atomic E-state index is -0.189. The van der Waals surface area contributed by atoms with E-state index in [4.69, 9.17) is 16.3 Å². The van der Waals surface area contributed by atoms with E-state index in [0.717, 1.165) is 33.6 Å². The van der Waals surface area contributed by atoms with Gasteiger partial charge in [0.1, 0.15) is 5.75 Å². The van der Waals surface area contributed by atoms with E-state index in [1.807, 2.05) is 54.9 Å². The Balaban J connectivity index is 1.47. The van der Waals surface area contributed by atoms with Crippen molar-refractivity contribution in [3.63, 3.8) is 0 Å². The van der Waals surface area contributed by atoms with Gasteiger partial charge in [-0.15, -0.1) is 0 Å². The highest BCUT2D eigenvalue weighted by Gasteiger charge is 2.11. The van der Waals surface area contributed by atoms with Crippen molar-refractivity contribution < 1.29 is 9.53 Å². The quantitative estimate of drug-likeness (QED) is 0.492. The number of hydrogen-bond acceptors (Lipinski definition) is 4. The SMILES string of the molecule is COc1ccc2cc(NC(=O)c3ccc(Cn4nc(C)c(Cl)c4C)cc3)cnc2c1. The van der Waals surface area contributed by atoms with Crippen LogP contribution in [0.1, 0.15) is 27.3 Å². The maximum atomic E-state index is 12.6. The van der Waals surface area contributed by atoms with E-state index < -0.39 is 0 Å². The molecule has 0 aliphatic carbocycles. The van der Waals surface area contributed by atoms with Crippen molar-refractivity contribution >= 4 is 34.1 Å². The average Bonchev–Trinajstić information content (AvgIpc) is 3.00. The summed E-state index contributed by atoms with van der Waals surface area (Å²) in [6, 6.07) is 15.0. The van der Waals surface area contributed by atoms with E-state index in [0.29, 0.717) is 22.8 Å². The predicted molar refractivity (Wildman–Crippen MR) is 119 cm³/mol. The number of rotatable bonds is 5. The summed E-state index contributed by atoms with van der Waals surface area (Å²) >= 11 is 6.21. The van der Waals surface area contributed by atoms with Crippen LogP contribution in [0, 0.1) is 13.8 Å². The van der Waals surface area contributed by atoms with Crippen LogP contribution in [0.4, 0.5) is 5.69 Å². The smallest absolute Gasteiger partial charge is 0.255 e. The Morgan fingerprint density at radius 1 is 1.13 bits per heavy atom. The number of methoxy groups -OCH3 is 1. The lowest BCUT2D eigenvalue weighted by atomic mass is 10.1. The van der Waals surface area contributed by atoms with Crippen LogP contribution >= 0.6 is 11.6 Å². The summed E-state index contributed by atoms with van der Waals surface area (Å²) < 4.78 is 7.08. The first-order valence-corrected chi connectivity index (χ1v) is 9.86. The molecule has 0 unspecified atom stereocenters. The van der Waals surface area contributed by atoms with Gasteiger partial charge in [0.2, 0.25) is 0 Å². The molecule has 0 bridgehead atoms. The van der Waals surface area contributed by atoms with Crippen molar-refractivity contribution in [1.29, 1.82) is 0 Å². The molecule has 1 N–H and O–H groups in total. The highest BCUT2D eigenvalue weighted by atomic mass is 35.5. The van der Waals surface area contributed by atoms with Crippen LogP contribution in [0.25, 0.3) is 10.9 Å². The lowest BCUT2D eigenvalue weighted by molar-refractivity contribution is 0.102. The summed E-state index contributed by atoms with van der Waals surface area (Å²) in [7, 11) is 1.62. The normalized spacial score (nSPS) is 10.9. The van der Waals surface area contributed by atoms with Gasteiger partial charge < -0.3 is 10.1 Å². The Hall–Kier alpha value is -3.38. The molecule has 0 fully saturated rings. The molecular formula is C23H21ClN4O2. The molecule has 152 valence electrons. The Morgan fingerprint density at radius 2 is 1.90 bits per heavy atom. The van der Waals surface area contributed by atoms with Crippen LogP contribution in [-0.2, 0) is 6.54 Å². The van der Waals surface area contributed by atoms with Crippen molar-refractivity contribution in [2.24, 2.45) is 0 Å². The molecule has 0 atom stereocenters. The third kappa shape index (κ3) is 4.00. The van der Waals surface area contributed by atoms with Gasteiger partial charge in [0.15, 0.2) is 0 Å². The van der Waals surface area contributed by atoms with Gasteiger partial charge in [-0.1, -0.05) is 23.7 Å². The number of pyridine rings is 1. The Labute approximate surface area is 179 Å². The molecule has 2 aromatic carbocycles. The summed E-state index contributed by atoms with van der Waals surface area (Å²) in [5.41, 5.74) is 4.79. The van der Waals surface area contributed by atoms with Crippen LogP contribution in [0.15, 0.2) is 54.7 Å². The van der Waals surface area contributed by atoms with Crippen molar-refractivity contribution in [3.05, 3.63) is 82.3 Å². The lowest BCUT2D eigenvalue weighted by Gasteiger charge is -2.08. The largest absolute Gasteiger partial charge is 0.497 e. The first-order valence-electron chi connectivity index (χ1n) is 9.48. The topological polar surface area (TPSA) is 69.0 Å². The maximum absolute atomic E-state index is 12.6. The zero-order chi connectivity index (χ0) is 21.3. The molecule has 0 spiro atoms. The van der Waals surface area contributed by atoms with Crippen LogP contribution in [0.5, 0.6) is 5.75 Å². The summed E-state index contributed by atoms with van der Waals surface area (Å²) in [5.74, 6) is 0.556. The van der Waals surface area contributed by atoms with E-state index >= 15 is 0 Å². The molecule has 0 aliphatic heterocycles. The van der Waals surface area contributed by atoms with Gasteiger partial charge in [0.25, 0.3) is 5.91 Å². The van der Waals surface area contributed by atoms with Gasteiger partial charge in [-0.25, -0.2) is 0 Å². The summed E-state index contributed by atoms with van der Waals surface area (Å²) in [6.07, 6.45) is 1.64. The molecule has 0 radical (unpaired) electrons. The van der Waals surface area contributed by atoms with Gasteiger partial charge in [-0.3, -0.25) is 14.5 Å². The molecule has 0 saturated carbocycles. The number of nitrogens with zero attached hydrogens (tertiary/aromatic N) is 3. The van der Waals surface area contributed by atoms with Gasteiger partial charge >= 0.3 is 0 Å². The highest BCUT2D eigenvalue weighted by Crippen LogP contribution is 2.22. The number of carbonyl (C=O) groups is 1. The Morgan fingerprint density at radius 3 is 2.57 bits per heavy atom. The number of carbonyl (C=O) groups excluding carboxylic acids is 1. The average molecular weight is 421 g/mol. The number of aryl methyl sites for hydroxylation is 1. The van der Waals surface area contributed by atoms with E-state index in [1.54, 1.807) is 25.4 Å². The maximum Gasteiger partial charge on any atom is 0.255 e. The van der Waals surface area contributed by atoms with E-state index in [9.17, 15) is 4.79 Å². The van der Waals surface area contributed by atoms with Crippen molar-refractivity contribution in [3.8, 4) is 5.75 Å². The number of nitrogens with one attached hydrogen (secondary N) is 1. The number of hydrogen-bond donors (Lipinski definition) is 1. The molecule has 2 heterocycles. The standard InChI is InChI=1S/C23H21ClN4O2/c1-14-22(24)15(2)28(27-14)13-16-4-6-17(7-5-16)23(29)26-19-10-18-8-9-20(30-3)11-21(18)25-12-19/h4-12H,13H2,1-3H3,(H,26,29). The molecule has 2 aromatic heterocycles. The number of ether oxygens (including phenoxy) is 1.